The zero-order valence-electron chi connectivity index (χ0n) is 10.9. The number of rotatable bonds is 5. The summed E-state index contributed by atoms with van der Waals surface area (Å²) in [5, 5.41) is 2.82. The van der Waals surface area contributed by atoms with Gasteiger partial charge in [-0.2, -0.15) is 0 Å². The normalized spacial score (nSPS) is 12.3. The number of carbonyl (C=O) groups is 1. The zero-order valence-corrected chi connectivity index (χ0v) is 12.5. The second kappa shape index (κ2) is 6.64. The number of carbonyl (C=O) groups excluding carboxylic acids is 1. The van der Waals surface area contributed by atoms with Crippen LogP contribution >= 0.6 is 15.9 Å². The van der Waals surface area contributed by atoms with Crippen molar-refractivity contribution in [3.63, 3.8) is 0 Å². The predicted octanol–water partition coefficient (Wildman–Crippen LogP) is 2.57. The summed E-state index contributed by atoms with van der Waals surface area (Å²) in [6, 6.07) is 5.25. The molecule has 0 bridgehead atoms. The lowest BCUT2D eigenvalue weighted by atomic mass is 10.2. The van der Waals surface area contributed by atoms with Gasteiger partial charge in [-0.05, 0) is 25.0 Å². The van der Waals surface area contributed by atoms with Gasteiger partial charge in [0.25, 0.3) is 5.91 Å². The SMILES string of the molecule is CC(C)CNC(=O)C(C)Oc1cc(N)cc(Br)c1. The maximum absolute atomic E-state index is 11.7. The number of nitrogen functional groups attached to an aromatic ring is 1. The van der Waals surface area contributed by atoms with Crippen molar-refractivity contribution >= 4 is 27.5 Å². The number of halogens is 1. The monoisotopic (exact) mass is 314 g/mol. The molecule has 4 nitrogen and oxygen atoms in total. The smallest absolute Gasteiger partial charge is 0.260 e. The molecule has 0 radical (unpaired) electrons. The Morgan fingerprint density at radius 3 is 2.61 bits per heavy atom. The Morgan fingerprint density at radius 1 is 1.39 bits per heavy atom. The predicted molar refractivity (Wildman–Crippen MR) is 76.5 cm³/mol. The van der Waals surface area contributed by atoms with Gasteiger partial charge in [0.2, 0.25) is 0 Å². The van der Waals surface area contributed by atoms with E-state index in [9.17, 15) is 4.79 Å². The van der Waals surface area contributed by atoms with E-state index < -0.39 is 6.10 Å². The van der Waals surface area contributed by atoms with E-state index >= 15 is 0 Å². The van der Waals surface area contributed by atoms with Crippen molar-refractivity contribution in [3.05, 3.63) is 22.7 Å². The molecule has 0 saturated carbocycles. The van der Waals surface area contributed by atoms with Crippen molar-refractivity contribution in [2.45, 2.75) is 26.9 Å². The molecule has 1 aromatic rings. The lowest BCUT2D eigenvalue weighted by Crippen LogP contribution is -2.38. The minimum absolute atomic E-state index is 0.123. The summed E-state index contributed by atoms with van der Waals surface area (Å²) in [6.45, 7) is 6.45. The fourth-order valence-electron chi connectivity index (χ4n) is 1.36. The summed E-state index contributed by atoms with van der Waals surface area (Å²) in [5.74, 6) is 0.874. The van der Waals surface area contributed by atoms with Crippen molar-refractivity contribution in [2.75, 3.05) is 12.3 Å². The van der Waals surface area contributed by atoms with Gasteiger partial charge in [-0.3, -0.25) is 4.79 Å². The molecule has 0 spiro atoms. The molecule has 1 atom stereocenters. The highest BCUT2D eigenvalue weighted by molar-refractivity contribution is 9.10. The molecule has 1 rings (SSSR count). The lowest BCUT2D eigenvalue weighted by molar-refractivity contribution is -0.127. The van der Waals surface area contributed by atoms with Crippen LogP contribution in [0.3, 0.4) is 0 Å². The Labute approximate surface area is 116 Å². The van der Waals surface area contributed by atoms with Crippen molar-refractivity contribution < 1.29 is 9.53 Å². The number of nitrogens with two attached hydrogens (primary N) is 1. The number of ether oxygens (including phenoxy) is 1. The van der Waals surface area contributed by atoms with Crippen LogP contribution in [0.5, 0.6) is 5.75 Å². The first-order valence-corrected chi connectivity index (χ1v) is 6.68. The molecule has 1 unspecified atom stereocenters. The molecule has 0 heterocycles. The third-order valence-corrected chi connectivity index (χ3v) is 2.72. The number of anilines is 1. The van der Waals surface area contributed by atoms with Crippen LogP contribution in [0.4, 0.5) is 5.69 Å². The largest absolute Gasteiger partial charge is 0.481 e. The van der Waals surface area contributed by atoms with E-state index in [0.29, 0.717) is 23.9 Å². The van der Waals surface area contributed by atoms with E-state index in [1.165, 1.54) is 0 Å². The van der Waals surface area contributed by atoms with E-state index in [0.717, 1.165) is 4.47 Å². The van der Waals surface area contributed by atoms with Gasteiger partial charge in [-0.15, -0.1) is 0 Å². The summed E-state index contributed by atoms with van der Waals surface area (Å²) in [7, 11) is 0. The third-order valence-electron chi connectivity index (χ3n) is 2.26. The highest BCUT2D eigenvalue weighted by atomic mass is 79.9. The zero-order chi connectivity index (χ0) is 13.7. The Hall–Kier alpha value is -1.23. The van der Waals surface area contributed by atoms with Crippen LogP contribution in [0.25, 0.3) is 0 Å². The molecule has 0 aromatic heterocycles. The maximum atomic E-state index is 11.7. The quantitative estimate of drug-likeness (QED) is 0.821. The van der Waals surface area contributed by atoms with Crippen molar-refractivity contribution in [2.24, 2.45) is 5.92 Å². The number of amides is 1. The summed E-state index contributed by atoms with van der Waals surface area (Å²) in [6.07, 6.45) is -0.544. The minimum Gasteiger partial charge on any atom is -0.481 e. The van der Waals surface area contributed by atoms with Crippen molar-refractivity contribution in [1.82, 2.24) is 5.32 Å². The molecule has 5 heteroatoms. The number of nitrogens with one attached hydrogen (secondary N) is 1. The van der Waals surface area contributed by atoms with Gasteiger partial charge >= 0.3 is 0 Å². The van der Waals surface area contributed by atoms with Gasteiger partial charge in [0.05, 0.1) is 0 Å². The van der Waals surface area contributed by atoms with Gasteiger partial charge in [0.1, 0.15) is 5.75 Å². The fourth-order valence-corrected chi connectivity index (χ4v) is 1.85. The summed E-state index contributed by atoms with van der Waals surface area (Å²) in [5.41, 5.74) is 6.29. The molecule has 3 N–H and O–H groups in total. The minimum atomic E-state index is -0.544. The summed E-state index contributed by atoms with van der Waals surface area (Å²) >= 11 is 3.33. The Morgan fingerprint density at radius 2 is 2.06 bits per heavy atom. The lowest BCUT2D eigenvalue weighted by Gasteiger charge is -2.16. The third kappa shape index (κ3) is 4.96. The van der Waals surface area contributed by atoms with Gasteiger partial charge in [0.15, 0.2) is 6.10 Å². The molecular weight excluding hydrogens is 296 g/mol. The van der Waals surface area contributed by atoms with Gasteiger partial charge in [-0.25, -0.2) is 0 Å². The average molecular weight is 315 g/mol. The molecule has 0 aliphatic rings. The van der Waals surface area contributed by atoms with E-state index in [2.05, 4.69) is 21.2 Å². The van der Waals surface area contributed by atoms with Crippen LogP contribution in [-0.4, -0.2) is 18.6 Å². The first-order valence-electron chi connectivity index (χ1n) is 5.89. The first-order chi connectivity index (χ1) is 8.38. The number of hydrogen-bond donors (Lipinski definition) is 2. The molecule has 1 aromatic carbocycles. The molecule has 1 amide bonds. The van der Waals surface area contributed by atoms with E-state index in [4.69, 9.17) is 10.5 Å². The van der Waals surface area contributed by atoms with Gasteiger partial charge < -0.3 is 15.8 Å². The topological polar surface area (TPSA) is 64.3 Å². The molecule has 0 aliphatic carbocycles. The van der Waals surface area contributed by atoms with E-state index in [1.807, 2.05) is 13.8 Å². The summed E-state index contributed by atoms with van der Waals surface area (Å²) < 4.78 is 6.37. The van der Waals surface area contributed by atoms with Crippen LogP contribution in [0.15, 0.2) is 22.7 Å². The number of hydrogen-bond acceptors (Lipinski definition) is 3. The standard InChI is InChI=1S/C13H19BrN2O2/c1-8(2)7-16-13(17)9(3)18-12-5-10(14)4-11(15)6-12/h4-6,8-9H,7,15H2,1-3H3,(H,16,17). The molecule has 18 heavy (non-hydrogen) atoms. The molecular formula is C13H19BrN2O2. The summed E-state index contributed by atoms with van der Waals surface area (Å²) in [4.78, 5) is 11.7. The van der Waals surface area contributed by atoms with Crippen LogP contribution < -0.4 is 15.8 Å². The average Bonchev–Trinajstić information content (AvgIpc) is 2.24. The Kier molecular flexibility index (Phi) is 5.47. The highest BCUT2D eigenvalue weighted by Gasteiger charge is 2.14. The van der Waals surface area contributed by atoms with E-state index in [-0.39, 0.29) is 5.91 Å². The van der Waals surface area contributed by atoms with Crippen LogP contribution in [0.1, 0.15) is 20.8 Å². The van der Waals surface area contributed by atoms with Gasteiger partial charge in [0, 0.05) is 22.8 Å². The molecule has 100 valence electrons. The van der Waals surface area contributed by atoms with Crippen LogP contribution in [0, 0.1) is 5.92 Å². The second-order valence-electron chi connectivity index (χ2n) is 4.62. The second-order valence-corrected chi connectivity index (χ2v) is 5.54. The van der Waals surface area contributed by atoms with Crippen molar-refractivity contribution in [1.29, 1.82) is 0 Å². The van der Waals surface area contributed by atoms with Crippen molar-refractivity contribution in [3.8, 4) is 5.75 Å². The Balaban J connectivity index is 2.58. The fraction of sp³-hybridized carbons (Fsp3) is 0.462. The van der Waals surface area contributed by atoms with E-state index in [1.54, 1.807) is 25.1 Å². The first kappa shape index (κ1) is 14.8. The number of benzene rings is 1. The van der Waals surface area contributed by atoms with Crippen LogP contribution in [-0.2, 0) is 4.79 Å². The van der Waals surface area contributed by atoms with Gasteiger partial charge in [-0.1, -0.05) is 29.8 Å². The Bertz CT molecular complexity index is 401. The molecule has 0 fully saturated rings. The molecule has 0 saturated heterocycles. The molecule has 0 aliphatic heterocycles. The highest BCUT2D eigenvalue weighted by Crippen LogP contribution is 2.23. The maximum Gasteiger partial charge on any atom is 0.260 e. The van der Waals surface area contributed by atoms with Crippen LogP contribution in [0.2, 0.25) is 0 Å².